The average Bonchev–Trinajstić information content (AvgIpc) is 3.49. The Bertz CT molecular complexity index is 680. The third kappa shape index (κ3) is 5.55. The van der Waals surface area contributed by atoms with Crippen LogP contribution in [0, 0.1) is 5.92 Å². The summed E-state index contributed by atoms with van der Waals surface area (Å²) in [4.78, 5) is 9.35. The molecule has 0 bridgehead atoms. The number of nitrogens with zero attached hydrogens (tertiary/aromatic N) is 2. The molecular formula is C22H31N3S. The van der Waals surface area contributed by atoms with Crippen LogP contribution in [-0.4, -0.2) is 15.7 Å². The van der Waals surface area contributed by atoms with Crippen molar-refractivity contribution in [3.63, 3.8) is 0 Å². The number of nitrogens with two attached hydrogens (primary N) is 1. The molecule has 1 aromatic carbocycles. The Morgan fingerprint density at radius 1 is 1.19 bits per heavy atom. The first kappa shape index (κ1) is 19.4. The zero-order chi connectivity index (χ0) is 18.4. The molecule has 0 aliphatic heterocycles. The normalized spacial score (nSPS) is 16.4. The fraction of sp³-hybridized carbons (Fsp3) is 0.545. The van der Waals surface area contributed by atoms with Crippen molar-refractivity contribution in [2.45, 2.75) is 69.4 Å². The Balaban J connectivity index is 1.52. The van der Waals surface area contributed by atoms with Gasteiger partial charge in [0.15, 0.2) is 0 Å². The van der Waals surface area contributed by atoms with Gasteiger partial charge in [-0.3, -0.25) is 4.98 Å². The first-order chi connectivity index (χ1) is 12.7. The molecule has 3 rings (SSSR count). The van der Waals surface area contributed by atoms with Gasteiger partial charge in [0.2, 0.25) is 0 Å². The Hall–Kier alpha value is -1.39. The van der Waals surface area contributed by atoms with Crippen molar-refractivity contribution in [3.05, 3.63) is 53.5 Å². The van der Waals surface area contributed by atoms with Crippen LogP contribution in [0.25, 0.3) is 0 Å². The fourth-order valence-electron chi connectivity index (χ4n) is 3.41. The van der Waals surface area contributed by atoms with Gasteiger partial charge in [-0.25, -0.2) is 4.98 Å². The summed E-state index contributed by atoms with van der Waals surface area (Å²) in [5.74, 6) is 2.61. The van der Waals surface area contributed by atoms with E-state index < -0.39 is 0 Å². The van der Waals surface area contributed by atoms with Gasteiger partial charge in [-0.2, -0.15) is 0 Å². The summed E-state index contributed by atoms with van der Waals surface area (Å²) in [7, 11) is 0. The van der Waals surface area contributed by atoms with Gasteiger partial charge in [-0.1, -0.05) is 31.2 Å². The van der Waals surface area contributed by atoms with Crippen LogP contribution in [0.2, 0.25) is 0 Å². The van der Waals surface area contributed by atoms with Crippen LogP contribution in [-0.2, 0) is 6.42 Å². The Labute approximate surface area is 162 Å². The first-order valence-electron chi connectivity index (χ1n) is 9.95. The van der Waals surface area contributed by atoms with E-state index >= 15 is 0 Å². The van der Waals surface area contributed by atoms with Gasteiger partial charge < -0.3 is 5.73 Å². The van der Waals surface area contributed by atoms with Crippen molar-refractivity contribution in [1.29, 1.82) is 0 Å². The predicted molar refractivity (Wildman–Crippen MR) is 110 cm³/mol. The van der Waals surface area contributed by atoms with Crippen molar-refractivity contribution in [3.8, 4) is 0 Å². The molecule has 2 aromatic rings. The summed E-state index contributed by atoms with van der Waals surface area (Å²) >= 11 is 1.85. The van der Waals surface area contributed by atoms with E-state index in [2.05, 4.69) is 43.1 Å². The zero-order valence-electron chi connectivity index (χ0n) is 16.0. The zero-order valence-corrected chi connectivity index (χ0v) is 16.8. The average molecular weight is 370 g/mol. The second-order valence-corrected chi connectivity index (χ2v) is 8.56. The molecule has 1 heterocycles. The minimum Gasteiger partial charge on any atom is -0.324 e. The molecule has 1 saturated carbocycles. The van der Waals surface area contributed by atoms with E-state index in [1.165, 1.54) is 29.7 Å². The molecule has 1 aliphatic carbocycles. The van der Waals surface area contributed by atoms with E-state index in [1.807, 2.05) is 24.2 Å². The summed E-state index contributed by atoms with van der Waals surface area (Å²) in [5.41, 5.74) is 9.91. The maximum Gasteiger partial charge on any atom is 0.114 e. The van der Waals surface area contributed by atoms with Gasteiger partial charge in [0.25, 0.3) is 0 Å². The maximum atomic E-state index is 6.10. The number of hydrogen-bond donors (Lipinski definition) is 1. The number of rotatable bonds is 10. The van der Waals surface area contributed by atoms with E-state index in [-0.39, 0.29) is 6.04 Å². The SMILES string of the molecule is CC[C@H](CCCc1ccccc1[C@@H](C)N)c1cnc(SCC2CC2)cn1. The van der Waals surface area contributed by atoms with Crippen molar-refractivity contribution < 1.29 is 0 Å². The summed E-state index contributed by atoms with van der Waals surface area (Å²) in [6.07, 6.45) is 11.2. The van der Waals surface area contributed by atoms with Crippen LogP contribution in [0.15, 0.2) is 41.7 Å². The van der Waals surface area contributed by atoms with Crippen LogP contribution in [0.5, 0.6) is 0 Å². The standard InChI is InChI=1S/C22H31N3S/c1-3-18(8-6-9-19-7-4-5-10-20(19)16(2)23)21-13-25-22(14-24-21)26-15-17-11-12-17/h4-5,7,10,13-14,16-18H,3,6,8-9,11-12,15,23H2,1-2H3/t16-,18-/m1/s1. The highest BCUT2D eigenvalue weighted by Crippen LogP contribution is 2.34. The molecule has 1 aliphatic rings. The molecule has 0 radical (unpaired) electrons. The fourth-order valence-corrected chi connectivity index (χ4v) is 4.40. The van der Waals surface area contributed by atoms with E-state index in [1.54, 1.807) is 0 Å². The van der Waals surface area contributed by atoms with Gasteiger partial charge in [0, 0.05) is 23.9 Å². The van der Waals surface area contributed by atoms with E-state index in [0.717, 1.165) is 42.3 Å². The highest BCUT2D eigenvalue weighted by atomic mass is 32.2. The Morgan fingerprint density at radius 3 is 2.65 bits per heavy atom. The van der Waals surface area contributed by atoms with Gasteiger partial charge in [-0.05, 0) is 62.5 Å². The number of thioether (sulfide) groups is 1. The second kappa shape index (κ2) is 9.52. The molecule has 1 aromatic heterocycles. The monoisotopic (exact) mass is 369 g/mol. The Morgan fingerprint density at radius 2 is 2.00 bits per heavy atom. The molecule has 3 nitrogen and oxygen atoms in total. The molecule has 4 heteroatoms. The van der Waals surface area contributed by atoms with Crippen LogP contribution in [0.3, 0.4) is 0 Å². The molecule has 2 N–H and O–H groups in total. The van der Waals surface area contributed by atoms with E-state index in [0.29, 0.717) is 5.92 Å². The number of hydrogen-bond acceptors (Lipinski definition) is 4. The Kier molecular flexibility index (Phi) is 7.09. The smallest absolute Gasteiger partial charge is 0.114 e. The summed E-state index contributed by atoms with van der Waals surface area (Å²) in [5, 5.41) is 1.07. The van der Waals surface area contributed by atoms with Gasteiger partial charge in [0.05, 0.1) is 11.9 Å². The van der Waals surface area contributed by atoms with Crippen molar-refractivity contribution in [2.75, 3.05) is 5.75 Å². The van der Waals surface area contributed by atoms with Crippen LogP contribution in [0.4, 0.5) is 0 Å². The van der Waals surface area contributed by atoms with Crippen molar-refractivity contribution in [1.82, 2.24) is 9.97 Å². The quantitative estimate of drug-likeness (QED) is 0.561. The van der Waals surface area contributed by atoms with Crippen LogP contribution in [0.1, 0.15) is 74.7 Å². The van der Waals surface area contributed by atoms with Crippen molar-refractivity contribution in [2.24, 2.45) is 11.7 Å². The molecule has 0 unspecified atom stereocenters. The second-order valence-electron chi connectivity index (χ2n) is 7.52. The molecule has 0 amide bonds. The highest BCUT2D eigenvalue weighted by Gasteiger charge is 2.21. The molecule has 2 atom stereocenters. The third-order valence-corrected chi connectivity index (χ3v) is 6.41. The summed E-state index contributed by atoms with van der Waals surface area (Å²) < 4.78 is 0. The topological polar surface area (TPSA) is 51.8 Å². The number of benzene rings is 1. The minimum absolute atomic E-state index is 0.0970. The predicted octanol–water partition coefficient (Wildman–Crippen LogP) is 5.51. The van der Waals surface area contributed by atoms with E-state index in [4.69, 9.17) is 10.7 Å². The largest absolute Gasteiger partial charge is 0.324 e. The highest BCUT2D eigenvalue weighted by molar-refractivity contribution is 7.99. The number of aryl methyl sites for hydroxylation is 1. The first-order valence-corrected chi connectivity index (χ1v) is 10.9. The van der Waals surface area contributed by atoms with Crippen LogP contribution >= 0.6 is 11.8 Å². The van der Waals surface area contributed by atoms with Gasteiger partial charge in [0.1, 0.15) is 5.03 Å². The molecule has 26 heavy (non-hydrogen) atoms. The van der Waals surface area contributed by atoms with Gasteiger partial charge >= 0.3 is 0 Å². The summed E-state index contributed by atoms with van der Waals surface area (Å²) in [6.45, 7) is 4.31. The molecule has 1 fully saturated rings. The lowest BCUT2D eigenvalue weighted by atomic mass is 9.92. The van der Waals surface area contributed by atoms with Gasteiger partial charge in [-0.15, -0.1) is 11.8 Å². The molecular weight excluding hydrogens is 338 g/mol. The van der Waals surface area contributed by atoms with Crippen molar-refractivity contribution >= 4 is 11.8 Å². The molecule has 0 saturated heterocycles. The summed E-state index contributed by atoms with van der Waals surface area (Å²) in [6, 6.07) is 8.66. The lowest BCUT2D eigenvalue weighted by Gasteiger charge is -2.16. The van der Waals surface area contributed by atoms with E-state index in [9.17, 15) is 0 Å². The maximum absolute atomic E-state index is 6.10. The number of aromatic nitrogens is 2. The third-order valence-electron chi connectivity index (χ3n) is 5.27. The molecule has 140 valence electrons. The lowest BCUT2D eigenvalue weighted by molar-refractivity contribution is 0.557. The minimum atomic E-state index is 0.0970. The van der Waals surface area contributed by atoms with Crippen LogP contribution < -0.4 is 5.73 Å². The lowest BCUT2D eigenvalue weighted by Crippen LogP contribution is -2.09. The molecule has 0 spiro atoms.